The van der Waals surface area contributed by atoms with E-state index in [0.717, 1.165) is 85.1 Å². The van der Waals surface area contributed by atoms with Gasteiger partial charge in [0.2, 0.25) is 0 Å². The molecule has 2 aromatic carbocycles. The molecule has 0 N–H and O–H groups in total. The standard InChI is InChI=1S/C45H50F2N8O2/c1-28-39-42(50-40(49-28)29-8-5-6-9-29)55(34-17-21-51(22-18-34)27-45(2,3)4)44(57)54(39)33-15-12-30(13-16-33)43(56)52-23-19-35-36-10-7-20-48-41(36)53(38(35)26-52)25-31-11-14-32(46)24-37(31)47/h7,10-16,20,24,29,34H,5-6,8-9,17-19,21-23,25-27H2,1-4H3. The van der Waals surface area contributed by atoms with Crippen molar-refractivity contribution in [2.45, 2.75) is 97.7 Å². The molecule has 3 aliphatic rings. The normalized spacial score (nSPS) is 17.3. The minimum Gasteiger partial charge on any atom is -0.332 e. The largest absolute Gasteiger partial charge is 0.335 e. The van der Waals surface area contributed by atoms with E-state index in [1.807, 2.05) is 40.3 Å². The monoisotopic (exact) mass is 772 g/mol. The van der Waals surface area contributed by atoms with Crippen molar-refractivity contribution in [3.63, 3.8) is 0 Å². The van der Waals surface area contributed by atoms with Crippen molar-refractivity contribution in [2.75, 3.05) is 26.2 Å². The van der Waals surface area contributed by atoms with E-state index in [4.69, 9.17) is 9.97 Å². The molecule has 2 fully saturated rings. The maximum absolute atomic E-state index is 14.9. The number of benzene rings is 2. The van der Waals surface area contributed by atoms with E-state index < -0.39 is 11.6 Å². The third-order valence-corrected chi connectivity index (χ3v) is 12.3. The number of fused-ring (bicyclic) bond motifs is 4. The number of carbonyl (C=O) groups is 1. The third-order valence-electron chi connectivity index (χ3n) is 12.3. The van der Waals surface area contributed by atoms with Crippen LogP contribution < -0.4 is 5.69 Å². The van der Waals surface area contributed by atoms with Crippen molar-refractivity contribution in [1.82, 2.24) is 38.5 Å². The molecule has 1 saturated carbocycles. The fourth-order valence-electron chi connectivity index (χ4n) is 9.60. The van der Waals surface area contributed by atoms with Gasteiger partial charge in [0.15, 0.2) is 5.65 Å². The zero-order chi connectivity index (χ0) is 39.6. The van der Waals surface area contributed by atoms with Gasteiger partial charge < -0.3 is 14.4 Å². The van der Waals surface area contributed by atoms with Gasteiger partial charge in [-0.25, -0.2) is 28.5 Å². The summed E-state index contributed by atoms with van der Waals surface area (Å²) in [6.45, 7) is 12.6. The molecule has 4 aromatic heterocycles. The third kappa shape index (κ3) is 6.95. The number of hydrogen-bond donors (Lipinski definition) is 0. The molecule has 1 saturated heterocycles. The Morgan fingerprint density at radius 1 is 0.912 bits per heavy atom. The Bertz CT molecular complexity index is 2550. The summed E-state index contributed by atoms with van der Waals surface area (Å²) in [7, 11) is 0. The Kier molecular flexibility index (Phi) is 9.58. The van der Waals surface area contributed by atoms with Gasteiger partial charge in [-0.15, -0.1) is 0 Å². The molecule has 0 spiro atoms. The molecular weight excluding hydrogens is 723 g/mol. The van der Waals surface area contributed by atoms with E-state index in [-0.39, 0.29) is 29.6 Å². The first-order chi connectivity index (χ1) is 27.4. The Morgan fingerprint density at radius 3 is 2.39 bits per heavy atom. The molecule has 2 aliphatic heterocycles. The van der Waals surface area contributed by atoms with Crippen LogP contribution >= 0.6 is 0 Å². The molecule has 10 nitrogen and oxygen atoms in total. The number of hydrogen-bond acceptors (Lipinski definition) is 6. The smallest absolute Gasteiger partial charge is 0.332 e. The lowest BCUT2D eigenvalue weighted by Crippen LogP contribution is -2.41. The molecule has 0 radical (unpaired) electrons. The van der Waals surface area contributed by atoms with E-state index in [0.29, 0.717) is 53.5 Å². The summed E-state index contributed by atoms with van der Waals surface area (Å²) < 4.78 is 34.2. The Hall–Kier alpha value is -5.23. The van der Waals surface area contributed by atoms with Gasteiger partial charge in [-0.2, -0.15) is 0 Å². The fraction of sp³-hybridized carbons (Fsp3) is 0.444. The van der Waals surface area contributed by atoms with E-state index in [1.165, 1.54) is 25.0 Å². The molecule has 296 valence electrons. The zero-order valence-electron chi connectivity index (χ0n) is 33.3. The number of carbonyl (C=O) groups excluding carboxylic acids is 1. The van der Waals surface area contributed by atoms with Crippen molar-refractivity contribution in [3.8, 4) is 5.69 Å². The summed E-state index contributed by atoms with van der Waals surface area (Å²) in [5, 5.41) is 0.973. The lowest BCUT2D eigenvalue weighted by Gasteiger charge is -2.36. The highest BCUT2D eigenvalue weighted by Crippen LogP contribution is 2.36. The van der Waals surface area contributed by atoms with Crippen LogP contribution in [0.1, 0.15) is 110 Å². The van der Waals surface area contributed by atoms with Crippen LogP contribution in [0.5, 0.6) is 0 Å². The fourth-order valence-corrected chi connectivity index (χ4v) is 9.60. The van der Waals surface area contributed by atoms with Crippen LogP contribution in [-0.4, -0.2) is 70.5 Å². The van der Waals surface area contributed by atoms with Crippen LogP contribution in [0.2, 0.25) is 0 Å². The van der Waals surface area contributed by atoms with Gasteiger partial charge in [0, 0.05) is 72.6 Å². The molecule has 0 unspecified atom stereocenters. The summed E-state index contributed by atoms with van der Waals surface area (Å²) in [5.74, 6) is -0.229. The number of aromatic nitrogens is 6. The van der Waals surface area contributed by atoms with Gasteiger partial charge in [-0.1, -0.05) is 39.7 Å². The number of halogens is 2. The zero-order valence-corrected chi connectivity index (χ0v) is 33.3. The first-order valence-electron chi connectivity index (χ1n) is 20.5. The van der Waals surface area contributed by atoms with Crippen LogP contribution in [0.15, 0.2) is 65.6 Å². The van der Waals surface area contributed by atoms with E-state index in [9.17, 15) is 18.4 Å². The van der Waals surface area contributed by atoms with Crippen molar-refractivity contribution in [2.24, 2.45) is 5.41 Å². The summed E-state index contributed by atoms with van der Waals surface area (Å²) in [4.78, 5) is 47.9. The Labute approximate surface area is 331 Å². The molecule has 1 amide bonds. The molecule has 0 atom stereocenters. The second-order valence-electron chi connectivity index (χ2n) is 17.5. The van der Waals surface area contributed by atoms with Gasteiger partial charge in [-0.05, 0) is 92.5 Å². The second kappa shape index (κ2) is 14.6. The number of likely N-dealkylation sites (tertiary alicyclic amines) is 1. The predicted octanol–water partition coefficient (Wildman–Crippen LogP) is 8.11. The molecule has 6 heterocycles. The van der Waals surface area contributed by atoms with Gasteiger partial charge in [0.25, 0.3) is 5.91 Å². The maximum atomic E-state index is 14.9. The number of pyridine rings is 1. The van der Waals surface area contributed by atoms with Crippen molar-refractivity contribution in [1.29, 1.82) is 0 Å². The number of rotatable bonds is 7. The van der Waals surface area contributed by atoms with Gasteiger partial charge >= 0.3 is 5.69 Å². The molecule has 6 aromatic rings. The van der Waals surface area contributed by atoms with Crippen molar-refractivity contribution >= 4 is 28.1 Å². The Morgan fingerprint density at radius 2 is 1.67 bits per heavy atom. The highest BCUT2D eigenvalue weighted by Gasteiger charge is 2.32. The van der Waals surface area contributed by atoms with Crippen LogP contribution in [0, 0.1) is 24.0 Å². The summed E-state index contributed by atoms with van der Waals surface area (Å²) >= 11 is 0. The minimum atomic E-state index is -0.628. The average molecular weight is 773 g/mol. The average Bonchev–Trinajstić information content (AvgIpc) is 3.91. The minimum absolute atomic E-state index is 0.0263. The van der Waals surface area contributed by atoms with Crippen LogP contribution in [0.25, 0.3) is 27.9 Å². The van der Waals surface area contributed by atoms with E-state index >= 15 is 0 Å². The summed E-state index contributed by atoms with van der Waals surface area (Å²) in [6, 6.07) is 14.8. The molecule has 1 aliphatic carbocycles. The second-order valence-corrected chi connectivity index (χ2v) is 17.5. The highest BCUT2D eigenvalue weighted by molar-refractivity contribution is 5.95. The van der Waals surface area contributed by atoms with E-state index in [1.54, 1.807) is 27.8 Å². The van der Waals surface area contributed by atoms with Gasteiger partial charge in [0.1, 0.15) is 28.6 Å². The van der Waals surface area contributed by atoms with E-state index in [2.05, 4.69) is 30.7 Å². The number of piperidine rings is 1. The SMILES string of the molecule is Cc1nc(C2CCCC2)nc2c1n(-c1ccc(C(=O)N3CCc4c(n(Cc5ccc(F)cc5F)c5ncccc45)C3)cc1)c(=O)n2C1CCN(CC(C)(C)C)CC1. The molecule has 12 heteroatoms. The number of aryl methyl sites for hydroxylation is 1. The van der Waals surface area contributed by atoms with Crippen LogP contribution in [0.3, 0.4) is 0 Å². The van der Waals surface area contributed by atoms with Gasteiger partial charge in [-0.3, -0.25) is 13.9 Å². The van der Waals surface area contributed by atoms with Crippen LogP contribution in [0.4, 0.5) is 8.78 Å². The maximum Gasteiger partial charge on any atom is 0.335 e. The number of imidazole rings is 1. The van der Waals surface area contributed by atoms with Crippen molar-refractivity contribution < 1.29 is 13.6 Å². The molecular formula is C45H50F2N8O2. The first kappa shape index (κ1) is 37.4. The highest BCUT2D eigenvalue weighted by atomic mass is 19.1. The molecule has 0 bridgehead atoms. The quantitative estimate of drug-likeness (QED) is 0.163. The predicted molar refractivity (Wildman–Crippen MR) is 217 cm³/mol. The van der Waals surface area contributed by atoms with Crippen molar-refractivity contribution in [3.05, 3.63) is 117 Å². The molecule has 57 heavy (non-hydrogen) atoms. The van der Waals surface area contributed by atoms with Gasteiger partial charge in [0.05, 0.1) is 24.5 Å². The number of amides is 1. The number of nitrogens with zero attached hydrogens (tertiary/aromatic N) is 8. The molecule has 9 rings (SSSR count). The first-order valence-corrected chi connectivity index (χ1v) is 20.5. The lowest BCUT2D eigenvalue weighted by atomic mass is 9.94. The summed E-state index contributed by atoms with van der Waals surface area (Å²) in [5.41, 5.74) is 6.50. The lowest BCUT2D eigenvalue weighted by molar-refractivity contribution is 0.0730. The topological polar surface area (TPSA) is 94.1 Å². The summed E-state index contributed by atoms with van der Waals surface area (Å²) in [6.07, 6.45) is 8.55. The van der Waals surface area contributed by atoms with Crippen LogP contribution in [-0.2, 0) is 19.5 Å². The Balaban J connectivity index is 1.03.